The number of carbonyl (C=O) groups excluding carboxylic acids is 2. The Hall–Kier alpha value is -3.38. The number of hydrogen-bond acceptors (Lipinski definition) is 9. The number of carbonyl (C=O) groups is 2. The van der Waals surface area contributed by atoms with Gasteiger partial charge in [0, 0.05) is 63.7 Å². The van der Waals surface area contributed by atoms with Gasteiger partial charge < -0.3 is 24.8 Å². The average molecular weight is 621 g/mol. The molecule has 0 bridgehead atoms. The number of nitrogens with zero attached hydrogens (tertiary/aromatic N) is 5. The van der Waals surface area contributed by atoms with Gasteiger partial charge in [-0.15, -0.1) is 24.8 Å². The Labute approximate surface area is 258 Å². The summed E-state index contributed by atoms with van der Waals surface area (Å²) in [6, 6.07) is 12.4. The molecule has 13 heteroatoms. The smallest absolute Gasteiger partial charge is 0.256 e. The fraction of sp³-hybridized carbons (Fsp3) is 0.448. The van der Waals surface area contributed by atoms with Crippen LogP contribution < -0.4 is 20.3 Å². The zero-order valence-electron chi connectivity index (χ0n) is 24.4. The molecule has 0 fully saturated rings. The number of rotatable bonds is 11. The fourth-order valence-corrected chi connectivity index (χ4v) is 5.04. The number of ether oxygens (including phenoxy) is 1. The summed E-state index contributed by atoms with van der Waals surface area (Å²) in [6.07, 6.45) is 0.716. The molecule has 42 heavy (non-hydrogen) atoms. The van der Waals surface area contributed by atoms with E-state index >= 15 is 0 Å². The van der Waals surface area contributed by atoms with Gasteiger partial charge in [0.25, 0.3) is 5.91 Å². The summed E-state index contributed by atoms with van der Waals surface area (Å²) in [5.74, 6) is 1.29. The molecule has 2 aromatic carbocycles. The lowest BCUT2D eigenvalue weighted by Crippen LogP contribution is -2.48. The van der Waals surface area contributed by atoms with Crippen molar-refractivity contribution < 1.29 is 18.8 Å². The SMILES string of the molecule is Cc1nc(-c2cc3c(c(N(CC(=O)NCCNC(C)C)CC(=O)N(C)N4Cc5ccccc5C4)c2)OCC3)no1.Cl.Cl. The highest BCUT2D eigenvalue weighted by atomic mass is 35.5. The maximum Gasteiger partial charge on any atom is 0.256 e. The van der Waals surface area contributed by atoms with Crippen molar-refractivity contribution in [1.82, 2.24) is 30.8 Å². The molecule has 1 aromatic heterocycles. The lowest BCUT2D eigenvalue weighted by molar-refractivity contribution is -0.145. The summed E-state index contributed by atoms with van der Waals surface area (Å²) in [5.41, 5.74) is 4.82. The summed E-state index contributed by atoms with van der Waals surface area (Å²) in [7, 11) is 1.78. The summed E-state index contributed by atoms with van der Waals surface area (Å²) in [6.45, 7) is 8.83. The first-order valence-corrected chi connectivity index (χ1v) is 13.7. The summed E-state index contributed by atoms with van der Waals surface area (Å²) in [5, 5.41) is 14.0. The van der Waals surface area contributed by atoms with E-state index in [0.29, 0.717) is 68.4 Å². The Morgan fingerprint density at radius 1 is 1.05 bits per heavy atom. The van der Waals surface area contributed by atoms with E-state index in [4.69, 9.17) is 9.26 Å². The van der Waals surface area contributed by atoms with Crippen molar-refractivity contribution in [1.29, 1.82) is 0 Å². The van der Waals surface area contributed by atoms with Gasteiger partial charge in [0.05, 0.1) is 25.4 Å². The normalized spacial score (nSPS) is 13.5. The van der Waals surface area contributed by atoms with Crippen molar-refractivity contribution in [3.05, 3.63) is 59.0 Å². The van der Waals surface area contributed by atoms with E-state index < -0.39 is 0 Å². The number of fused-ring (bicyclic) bond motifs is 2. The number of halogens is 2. The zero-order chi connectivity index (χ0) is 28.2. The highest BCUT2D eigenvalue weighted by Gasteiger charge is 2.29. The largest absolute Gasteiger partial charge is 0.491 e. The van der Waals surface area contributed by atoms with Gasteiger partial charge in [0.15, 0.2) is 0 Å². The summed E-state index contributed by atoms with van der Waals surface area (Å²) >= 11 is 0. The molecule has 0 spiro atoms. The zero-order valence-corrected chi connectivity index (χ0v) is 26.0. The van der Waals surface area contributed by atoms with Crippen LogP contribution in [0, 0.1) is 6.92 Å². The number of hydrazine groups is 1. The molecular weight excluding hydrogens is 581 g/mol. The van der Waals surface area contributed by atoms with Crippen molar-refractivity contribution in [2.75, 3.05) is 44.7 Å². The molecule has 0 unspecified atom stereocenters. The molecular formula is C29H39Cl2N7O4. The number of likely N-dealkylation sites (N-methyl/N-ethyl adjacent to an activating group) is 1. The molecule has 5 rings (SSSR count). The molecule has 2 aliphatic heterocycles. The van der Waals surface area contributed by atoms with Crippen LogP contribution >= 0.6 is 24.8 Å². The van der Waals surface area contributed by atoms with Crippen molar-refractivity contribution >= 4 is 42.3 Å². The van der Waals surface area contributed by atoms with Crippen LogP contribution in [0.3, 0.4) is 0 Å². The maximum atomic E-state index is 13.7. The van der Waals surface area contributed by atoms with Crippen molar-refractivity contribution in [2.45, 2.75) is 46.3 Å². The van der Waals surface area contributed by atoms with Crippen LogP contribution in [-0.2, 0) is 29.1 Å². The van der Waals surface area contributed by atoms with Crippen LogP contribution in [0.15, 0.2) is 40.9 Å². The van der Waals surface area contributed by atoms with Crippen LogP contribution in [0.2, 0.25) is 0 Å². The number of hydrogen-bond donors (Lipinski definition) is 2. The van der Waals surface area contributed by atoms with E-state index in [1.54, 1.807) is 23.9 Å². The Morgan fingerprint density at radius 3 is 2.40 bits per heavy atom. The third-order valence-electron chi connectivity index (χ3n) is 7.16. The highest BCUT2D eigenvalue weighted by molar-refractivity contribution is 5.88. The second kappa shape index (κ2) is 14.7. The summed E-state index contributed by atoms with van der Waals surface area (Å²) < 4.78 is 11.2. The van der Waals surface area contributed by atoms with Crippen LogP contribution in [0.25, 0.3) is 11.4 Å². The van der Waals surface area contributed by atoms with E-state index in [-0.39, 0.29) is 49.7 Å². The van der Waals surface area contributed by atoms with E-state index in [2.05, 4.69) is 46.8 Å². The molecule has 228 valence electrons. The van der Waals surface area contributed by atoms with Crippen molar-refractivity contribution in [3.8, 4) is 17.1 Å². The van der Waals surface area contributed by atoms with Gasteiger partial charge in [0.2, 0.25) is 17.6 Å². The van der Waals surface area contributed by atoms with Gasteiger partial charge in [-0.05, 0) is 23.3 Å². The Morgan fingerprint density at radius 2 is 1.76 bits per heavy atom. The molecule has 0 saturated carbocycles. The van der Waals surface area contributed by atoms with E-state index in [9.17, 15) is 9.59 Å². The van der Waals surface area contributed by atoms with Gasteiger partial charge in [-0.25, -0.2) is 5.01 Å². The second-order valence-corrected chi connectivity index (χ2v) is 10.5. The minimum atomic E-state index is -0.179. The summed E-state index contributed by atoms with van der Waals surface area (Å²) in [4.78, 5) is 32.9. The quantitative estimate of drug-likeness (QED) is 0.312. The molecule has 2 amide bonds. The van der Waals surface area contributed by atoms with Crippen LogP contribution in [-0.4, -0.2) is 77.8 Å². The first-order valence-electron chi connectivity index (χ1n) is 13.7. The van der Waals surface area contributed by atoms with Crippen LogP contribution in [0.5, 0.6) is 5.75 Å². The number of aryl methyl sites for hydroxylation is 1. The molecule has 0 aliphatic carbocycles. The highest BCUT2D eigenvalue weighted by Crippen LogP contribution is 2.40. The van der Waals surface area contributed by atoms with E-state index in [1.807, 2.05) is 29.3 Å². The van der Waals surface area contributed by atoms with Gasteiger partial charge in [-0.3, -0.25) is 14.6 Å². The molecule has 11 nitrogen and oxygen atoms in total. The third kappa shape index (κ3) is 7.71. The van der Waals surface area contributed by atoms with Crippen molar-refractivity contribution in [3.63, 3.8) is 0 Å². The first kappa shape index (κ1) is 33.1. The van der Waals surface area contributed by atoms with E-state index in [1.165, 1.54) is 11.1 Å². The molecule has 0 saturated heterocycles. The number of anilines is 1. The molecule has 3 heterocycles. The number of aromatic nitrogens is 2. The predicted molar refractivity (Wildman–Crippen MR) is 165 cm³/mol. The number of nitrogens with one attached hydrogen (secondary N) is 2. The predicted octanol–water partition coefficient (Wildman–Crippen LogP) is 3.13. The minimum Gasteiger partial charge on any atom is -0.491 e. The molecule has 0 atom stereocenters. The Balaban J connectivity index is 0.00000242. The average Bonchev–Trinajstić information content (AvgIpc) is 3.68. The van der Waals surface area contributed by atoms with Crippen LogP contribution in [0.1, 0.15) is 36.4 Å². The van der Waals surface area contributed by atoms with E-state index in [0.717, 1.165) is 11.1 Å². The van der Waals surface area contributed by atoms with Gasteiger partial charge in [0.1, 0.15) is 5.75 Å². The lowest BCUT2D eigenvalue weighted by atomic mass is 10.1. The second-order valence-electron chi connectivity index (χ2n) is 10.5. The molecule has 2 aliphatic rings. The van der Waals surface area contributed by atoms with Gasteiger partial charge in [-0.1, -0.05) is 43.3 Å². The van der Waals surface area contributed by atoms with Crippen LogP contribution in [0.4, 0.5) is 5.69 Å². The monoisotopic (exact) mass is 619 g/mol. The standard InChI is InChI=1S/C29H37N7O4.2ClH/c1-19(2)30-10-11-31-26(37)17-35(18-27(38)34(4)36-15-22-7-5-6-8-23(22)16-36)25-14-24(29-32-20(3)40-33-29)13-21-9-12-39-28(21)25;;/h5-8,13-14,19,30H,9-12,15-18H2,1-4H3,(H,31,37);2*1H. The maximum absolute atomic E-state index is 13.7. The van der Waals surface area contributed by atoms with Crippen molar-refractivity contribution in [2.24, 2.45) is 0 Å². The molecule has 3 aromatic rings. The first-order chi connectivity index (χ1) is 19.3. The van der Waals surface area contributed by atoms with Gasteiger partial charge >= 0.3 is 0 Å². The Bertz CT molecular complexity index is 1360. The minimum absolute atomic E-state index is 0. The van der Waals surface area contributed by atoms with Gasteiger partial charge in [-0.2, -0.15) is 4.98 Å². The topological polar surface area (TPSA) is 116 Å². The number of amides is 2. The Kier molecular flexibility index (Phi) is 11.6. The fourth-order valence-electron chi connectivity index (χ4n) is 5.04. The molecule has 0 radical (unpaired) electrons. The third-order valence-corrected chi connectivity index (χ3v) is 7.16. The molecule has 2 N–H and O–H groups in total. The number of benzene rings is 2. The lowest BCUT2D eigenvalue weighted by Gasteiger charge is -2.32.